The van der Waals surface area contributed by atoms with Crippen molar-refractivity contribution in [3.8, 4) is 0 Å². The molecule has 0 bridgehead atoms. The Bertz CT molecular complexity index is 1280. The Balaban J connectivity index is 0.000000898. The fraction of sp³-hybridized carbons (Fsp3) is 0.296. The number of fused-ring (bicyclic) bond motifs is 2. The summed E-state index contributed by atoms with van der Waals surface area (Å²) in [4.78, 5) is 35.3. The first-order valence-electron chi connectivity index (χ1n) is 11.2. The number of ether oxygens (including phenoxy) is 1. The number of nitrogens with zero attached hydrogens (tertiary/aromatic N) is 1. The summed E-state index contributed by atoms with van der Waals surface area (Å²) in [5.74, 6) is -1.44. The van der Waals surface area contributed by atoms with Crippen molar-refractivity contribution >= 4 is 46.1 Å². The monoisotopic (exact) mass is 551 g/mol. The number of hydrogen-bond donors (Lipinski definition) is 2. The minimum absolute atomic E-state index is 0. The van der Waals surface area contributed by atoms with Crippen molar-refractivity contribution in [3.05, 3.63) is 76.8 Å². The van der Waals surface area contributed by atoms with Gasteiger partial charge in [0, 0.05) is 22.8 Å². The number of anilines is 1. The Hall–Kier alpha value is -1.98. The van der Waals surface area contributed by atoms with Crippen LogP contribution in [-0.4, -0.2) is 40.9 Å². The van der Waals surface area contributed by atoms with Crippen LogP contribution in [-0.2, 0) is 14.3 Å². The number of carboxylic acids is 1. The van der Waals surface area contributed by atoms with Gasteiger partial charge in [-0.05, 0) is 39.9 Å². The van der Waals surface area contributed by atoms with E-state index in [2.05, 4.69) is 0 Å². The second-order valence-corrected chi connectivity index (χ2v) is 10.1. The van der Waals surface area contributed by atoms with Crippen molar-refractivity contribution in [3.63, 3.8) is 0 Å². The number of halogens is 1. The molecule has 0 aliphatic carbocycles. The summed E-state index contributed by atoms with van der Waals surface area (Å²) in [6.07, 6.45) is -4.26. The summed E-state index contributed by atoms with van der Waals surface area (Å²) in [5, 5.41) is 27.4. The number of amides is 1. The molecular weight excluding hydrogens is 525 g/mol. The number of aliphatic carboxylic acids is 1. The average Bonchev–Trinajstić information content (AvgIpc) is 2.87. The van der Waals surface area contributed by atoms with E-state index in [1.807, 2.05) is 75.4 Å². The van der Waals surface area contributed by atoms with E-state index in [0.717, 1.165) is 21.9 Å². The van der Waals surface area contributed by atoms with Gasteiger partial charge in [-0.2, -0.15) is 0 Å². The van der Waals surface area contributed by atoms with Crippen LogP contribution in [0.1, 0.15) is 44.4 Å². The molecule has 8 nitrogen and oxygen atoms in total. The quantitative estimate of drug-likeness (QED) is 0.473. The molecule has 2 N–H and O–H groups in total. The van der Waals surface area contributed by atoms with Gasteiger partial charge in [-0.25, -0.2) is 0 Å². The Morgan fingerprint density at radius 1 is 1.03 bits per heavy atom. The van der Waals surface area contributed by atoms with Gasteiger partial charge < -0.3 is 29.8 Å². The van der Waals surface area contributed by atoms with E-state index in [1.54, 1.807) is 11.0 Å². The first kappa shape index (κ1) is 31.2. The van der Waals surface area contributed by atoms with Crippen LogP contribution < -0.4 is 61.4 Å². The Kier molecular flexibility index (Phi) is 11.1. The van der Waals surface area contributed by atoms with E-state index < -0.39 is 30.8 Å². The van der Waals surface area contributed by atoms with Gasteiger partial charge in [0.15, 0.2) is 0 Å². The Morgan fingerprint density at radius 3 is 2.27 bits per heavy atom. The average molecular weight is 552 g/mol. The smallest absolute Gasteiger partial charge is 0.565 e. The first-order valence-corrected chi connectivity index (χ1v) is 11.6. The van der Waals surface area contributed by atoms with Gasteiger partial charge in [-0.3, -0.25) is 9.59 Å². The molecule has 0 spiro atoms. The van der Waals surface area contributed by atoms with Crippen LogP contribution in [0.5, 0.6) is 0 Å². The van der Waals surface area contributed by atoms with Crippen LogP contribution in [0.15, 0.2) is 60.7 Å². The van der Waals surface area contributed by atoms with Gasteiger partial charge in [-0.1, -0.05) is 74.8 Å². The second kappa shape index (κ2) is 13.2. The molecule has 0 aromatic heterocycles. The largest absolute Gasteiger partial charge is 1.00 e. The molecule has 1 aliphatic rings. The number of carboxylic acid groups (broad SMARTS) is 3. The molecule has 3 aromatic rings. The fourth-order valence-corrected chi connectivity index (χ4v) is 4.40. The SMILES string of the molecule is CC(C)(C)CN1C(=O)[C@H](CC(=O)O)O[C@@H](c2cccc3ccccc23)c2cc(Cl)ccc21.O=C([O-])O.[K+]. The van der Waals surface area contributed by atoms with Gasteiger partial charge in [0.05, 0.1) is 6.42 Å². The van der Waals surface area contributed by atoms with E-state index in [4.69, 9.17) is 31.3 Å². The predicted molar refractivity (Wildman–Crippen MR) is 134 cm³/mol. The van der Waals surface area contributed by atoms with Crippen LogP contribution in [0.4, 0.5) is 10.5 Å². The second-order valence-electron chi connectivity index (χ2n) is 9.63. The molecule has 1 heterocycles. The number of carbonyl (C=O) groups excluding carboxylic acids is 1. The number of hydrogen-bond acceptors (Lipinski definition) is 5. The van der Waals surface area contributed by atoms with Crippen LogP contribution in [0.3, 0.4) is 0 Å². The minimum Gasteiger partial charge on any atom is -0.565 e. The maximum absolute atomic E-state index is 13.6. The van der Waals surface area contributed by atoms with Gasteiger partial charge in [0.1, 0.15) is 12.2 Å². The van der Waals surface area contributed by atoms with Crippen LogP contribution >= 0.6 is 11.6 Å². The molecule has 0 saturated carbocycles. The van der Waals surface area contributed by atoms with Gasteiger partial charge in [0.2, 0.25) is 6.16 Å². The fourth-order valence-electron chi connectivity index (χ4n) is 4.22. The van der Waals surface area contributed by atoms with Gasteiger partial charge >= 0.3 is 57.4 Å². The molecule has 190 valence electrons. The number of carbonyl (C=O) groups is 3. The van der Waals surface area contributed by atoms with E-state index >= 15 is 0 Å². The van der Waals surface area contributed by atoms with Gasteiger partial charge in [0.25, 0.3) is 5.91 Å². The maximum atomic E-state index is 13.6. The normalized spacial score (nSPS) is 17.1. The maximum Gasteiger partial charge on any atom is 1.00 e. The standard InChI is InChI=1S/C26H26ClNO4.CH2O3.K/c1-26(2,3)15-28-21-12-11-17(27)13-20(21)24(32-22(25(28)31)14-23(29)30)19-10-6-8-16-7-4-5-9-18(16)19;2-1(3)4;/h4-13,22,24H,14-15H2,1-3H3,(H,29,30);(H2,2,3,4);/q;;+1/p-1/t22-,24-;;/m0../s1. The zero-order chi connectivity index (χ0) is 26.6. The first-order chi connectivity index (χ1) is 16.9. The van der Waals surface area contributed by atoms with E-state index in [-0.39, 0.29) is 62.7 Å². The van der Waals surface area contributed by atoms with E-state index in [9.17, 15) is 14.7 Å². The molecular formula is C27H27ClKNO7. The van der Waals surface area contributed by atoms with E-state index in [1.165, 1.54) is 0 Å². The van der Waals surface area contributed by atoms with Crippen molar-refractivity contribution in [2.24, 2.45) is 5.41 Å². The van der Waals surface area contributed by atoms with Gasteiger partial charge in [-0.15, -0.1) is 0 Å². The molecule has 0 saturated heterocycles. The molecule has 10 heteroatoms. The van der Waals surface area contributed by atoms with Crippen LogP contribution in [0.2, 0.25) is 5.02 Å². The third-order valence-electron chi connectivity index (χ3n) is 5.50. The summed E-state index contributed by atoms with van der Waals surface area (Å²) < 4.78 is 6.32. The summed E-state index contributed by atoms with van der Waals surface area (Å²) >= 11 is 6.39. The molecule has 37 heavy (non-hydrogen) atoms. The molecule has 3 aromatic carbocycles. The van der Waals surface area contributed by atoms with Crippen molar-refractivity contribution in [2.75, 3.05) is 11.4 Å². The molecule has 1 amide bonds. The zero-order valence-electron chi connectivity index (χ0n) is 21.1. The summed E-state index contributed by atoms with van der Waals surface area (Å²) in [5.41, 5.74) is 2.10. The van der Waals surface area contributed by atoms with E-state index in [0.29, 0.717) is 17.3 Å². The Morgan fingerprint density at radius 2 is 1.65 bits per heavy atom. The zero-order valence-corrected chi connectivity index (χ0v) is 25.0. The molecule has 0 radical (unpaired) electrons. The van der Waals surface area contributed by atoms with Crippen molar-refractivity contribution in [1.29, 1.82) is 0 Å². The molecule has 1 aliphatic heterocycles. The third kappa shape index (κ3) is 8.25. The summed E-state index contributed by atoms with van der Waals surface area (Å²) in [7, 11) is 0. The molecule has 0 unspecified atom stereocenters. The third-order valence-corrected chi connectivity index (χ3v) is 5.74. The summed E-state index contributed by atoms with van der Waals surface area (Å²) in [6.45, 7) is 6.53. The van der Waals surface area contributed by atoms with Crippen molar-refractivity contribution < 1.29 is 85.8 Å². The number of benzene rings is 3. The molecule has 4 rings (SSSR count). The Labute approximate surface area is 262 Å². The topological polar surface area (TPSA) is 127 Å². The van der Waals surface area contributed by atoms with Crippen molar-refractivity contribution in [1.82, 2.24) is 0 Å². The molecule has 2 atom stereocenters. The summed E-state index contributed by atoms with van der Waals surface area (Å²) in [6, 6.07) is 19.2. The minimum atomic E-state index is -2.08. The molecule has 0 fully saturated rings. The van der Waals surface area contributed by atoms with Crippen LogP contribution in [0, 0.1) is 5.41 Å². The van der Waals surface area contributed by atoms with Crippen molar-refractivity contribution in [2.45, 2.75) is 39.4 Å². The predicted octanol–water partition coefficient (Wildman–Crippen LogP) is 1.73. The van der Waals surface area contributed by atoms with Crippen LogP contribution in [0.25, 0.3) is 10.8 Å². The number of rotatable bonds is 4.